The number of aliphatic imine (C=N–C) groups is 1. The van der Waals surface area contributed by atoms with Crippen LogP contribution in [0.3, 0.4) is 0 Å². The van der Waals surface area contributed by atoms with Crippen LogP contribution in [0.15, 0.2) is 52.4 Å². The van der Waals surface area contributed by atoms with Crippen molar-refractivity contribution >= 4 is 27.5 Å². The number of aliphatic carboxylic acids is 1. The molecule has 2 aromatic carbocycles. The Morgan fingerprint density at radius 2 is 1.77 bits per heavy atom. The zero-order valence-corrected chi connectivity index (χ0v) is 23.5. The van der Waals surface area contributed by atoms with Gasteiger partial charge in [-0.1, -0.05) is 36.4 Å². The third kappa shape index (κ3) is 10.6. The standard InChI is InChI=1S/C25H34N4O3S.C2HF3O2/c1-19-6-7-20(2)23(17-19)33(31,32)18-26-13-4-5-24(30)29(3)16-12-21-8-10-22(11-9-21)25-27-14-15-28-25;3-2(4,5)1(6)7/h6-11,17,26H,4-5,12-16,18H2,1-3H3,(H,27,28);(H,6,7). The summed E-state index contributed by atoms with van der Waals surface area (Å²) in [5.41, 5.74) is 3.94. The number of carbonyl (C=O) groups is 2. The van der Waals surface area contributed by atoms with E-state index in [2.05, 4.69) is 39.9 Å². The van der Waals surface area contributed by atoms with Gasteiger partial charge in [-0.2, -0.15) is 13.2 Å². The lowest BCUT2D eigenvalue weighted by atomic mass is 10.1. The summed E-state index contributed by atoms with van der Waals surface area (Å²) in [6.07, 6.45) is -3.32. The Balaban J connectivity index is 0.000000708. The molecule has 13 heteroatoms. The minimum absolute atomic E-state index is 0.0651. The number of benzene rings is 2. The maximum Gasteiger partial charge on any atom is 0.490 e. The van der Waals surface area contributed by atoms with Crippen molar-refractivity contribution in [1.29, 1.82) is 0 Å². The van der Waals surface area contributed by atoms with Gasteiger partial charge in [0.15, 0.2) is 9.84 Å². The van der Waals surface area contributed by atoms with Gasteiger partial charge in [0.1, 0.15) is 11.7 Å². The summed E-state index contributed by atoms with van der Waals surface area (Å²) in [5, 5.41) is 13.4. The Kier molecular flexibility index (Phi) is 12.1. The van der Waals surface area contributed by atoms with E-state index in [1.807, 2.05) is 26.1 Å². The number of carboxylic acids is 1. The fraction of sp³-hybridized carbons (Fsp3) is 0.444. The minimum atomic E-state index is -5.08. The number of alkyl halides is 3. The second-order valence-electron chi connectivity index (χ2n) is 9.35. The molecule has 2 aromatic rings. The molecule has 0 saturated carbocycles. The first-order valence-electron chi connectivity index (χ1n) is 12.6. The van der Waals surface area contributed by atoms with Gasteiger partial charge in [0, 0.05) is 32.1 Å². The molecule has 9 nitrogen and oxygen atoms in total. The lowest BCUT2D eigenvalue weighted by molar-refractivity contribution is -0.192. The van der Waals surface area contributed by atoms with Crippen LogP contribution >= 0.6 is 0 Å². The van der Waals surface area contributed by atoms with Crippen LogP contribution in [0.1, 0.15) is 35.1 Å². The van der Waals surface area contributed by atoms with Crippen LogP contribution in [-0.4, -0.2) is 81.4 Å². The number of likely N-dealkylation sites (N-methyl/N-ethyl adjacent to an activating group) is 1. The molecule has 1 aliphatic heterocycles. The van der Waals surface area contributed by atoms with Gasteiger partial charge in [-0.15, -0.1) is 0 Å². The highest BCUT2D eigenvalue weighted by Crippen LogP contribution is 2.17. The van der Waals surface area contributed by atoms with E-state index in [4.69, 9.17) is 9.90 Å². The molecule has 0 saturated heterocycles. The van der Waals surface area contributed by atoms with E-state index in [0.29, 0.717) is 30.8 Å². The summed E-state index contributed by atoms with van der Waals surface area (Å²) in [6.45, 7) is 6.52. The molecular weight excluding hydrogens is 549 g/mol. The fourth-order valence-corrected chi connectivity index (χ4v) is 5.22. The Labute approximate surface area is 232 Å². The van der Waals surface area contributed by atoms with Crippen molar-refractivity contribution in [3.63, 3.8) is 0 Å². The van der Waals surface area contributed by atoms with Crippen molar-refractivity contribution in [1.82, 2.24) is 15.5 Å². The third-order valence-corrected chi connectivity index (χ3v) is 7.71. The van der Waals surface area contributed by atoms with Crippen LogP contribution in [0.4, 0.5) is 13.2 Å². The Hall–Kier alpha value is -3.45. The van der Waals surface area contributed by atoms with Gasteiger partial charge in [-0.3, -0.25) is 9.79 Å². The molecule has 0 unspecified atom stereocenters. The van der Waals surface area contributed by atoms with Crippen molar-refractivity contribution in [2.45, 2.75) is 44.2 Å². The summed E-state index contributed by atoms with van der Waals surface area (Å²) in [7, 11) is -1.58. The van der Waals surface area contributed by atoms with Crippen LogP contribution in [0.2, 0.25) is 0 Å². The zero-order valence-electron chi connectivity index (χ0n) is 22.7. The van der Waals surface area contributed by atoms with Crippen molar-refractivity contribution in [2.24, 2.45) is 4.99 Å². The maximum atomic E-state index is 12.6. The van der Waals surface area contributed by atoms with E-state index in [1.165, 1.54) is 5.56 Å². The number of halogens is 3. The first kappa shape index (κ1) is 32.8. The smallest absolute Gasteiger partial charge is 0.475 e. The Bertz CT molecular complexity index is 1300. The molecule has 40 heavy (non-hydrogen) atoms. The van der Waals surface area contributed by atoms with E-state index < -0.39 is 22.0 Å². The number of rotatable bonds is 11. The predicted octanol–water partition coefficient (Wildman–Crippen LogP) is 3.09. The fourth-order valence-electron chi connectivity index (χ4n) is 3.72. The molecule has 0 aromatic heterocycles. The first-order chi connectivity index (χ1) is 18.7. The topological polar surface area (TPSA) is 128 Å². The van der Waals surface area contributed by atoms with Gasteiger partial charge < -0.3 is 20.6 Å². The van der Waals surface area contributed by atoms with Gasteiger partial charge in [0.2, 0.25) is 5.91 Å². The molecule has 3 N–H and O–H groups in total. The van der Waals surface area contributed by atoms with Gasteiger partial charge in [0.05, 0.1) is 11.4 Å². The summed E-state index contributed by atoms with van der Waals surface area (Å²) < 4.78 is 56.9. The number of aryl methyl sites for hydroxylation is 2. The summed E-state index contributed by atoms with van der Waals surface area (Å²) in [6, 6.07) is 13.7. The van der Waals surface area contributed by atoms with E-state index in [1.54, 1.807) is 17.9 Å². The molecule has 1 amide bonds. The molecule has 0 fully saturated rings. The first-order valence-corrected chi connectivity index (χ1v) is 14.3. The number of carboxylic acid groups (broad SMARTS) is 1. The quantitative estimate of drug-likeness (QED) is 0.347. The van der Waals surface area contributed by atoms with Gasteiger partial charge >= 0.3 is 12.1 Å². The lowest BCUT2D eigenvalue weighted by Gasteiger charge is -2.17. The van der Waals surface area contributed by atoms with Gasteiger partial charge in [0.25, 0.3) is 0 Å². The van der Waals surface area contributed by atoms with E-state index >= 15 is 0 Å². The number of hydrogen-bond donors (Lipinski definition) is 3. The van der Waals surface area contributed by atoms with Crippen LogP contribution in [-0.2, 0) is 25.8 Å². The number of nitrogens with one attached hydrogen (secondary N) is 2. The third-order valence-electron chi connectivity index (χ3n) is 6.02. The largest absolute Gasteiger partial charge is 0.490 e. The van der Waals surface area contributed by atoms with Gasteiger partial charge in [-0.25, -0.2) is 13.2 Å². The summed E-state index contributed by atoms with van der Waals surface area (Å²) in [5.74, 6) is -1.87. The highest BCUT2D eigenvalue weighted by Gasteiger charge is 2.38. The summed E-state index contributed by atoms with van der Waals surface area (Å²) >= 11 is 0. The number of carbonyl (C=O) groups excluding carboxylic acids is 1. The molecule has 0 atom stereocenters. The molecule has 220 valence electrons. The molecule has 1 heterocycles. The minimum Gasteiger partial charge on any atom is -0.475 e. The number of sulfone groups is 1. The molecule has 1 aliphatic rings. The van der Waals surface area contributed by atoms with Crippen LogP contribution in [0, 0.1) is 13.8 Å². The molecule has 3 rings (SSSR count). The van der Waals surface area contributed by atoms with E-state index in [0.717, 1.165) is 42.0 Å². The summed E-state index contributed by atoms with van der Waals surface area (Å²) in [4.78, 5) is 27.8. The number of amidine groups is 1. The number of amides is 1. The second-order valence-corrected chi connectivity index (χ2v) is 11.3. The zero-order chi connectivity index (χ0) is 29.9. The van der Waals surface area contributed by atoms with Crippen molar-refractivity contribution in [2.75, 3.05) is 39.1 Å². The molecule has 0 bridgehead atoms. The SMILES string of the molecule is Cc1ccc(C)c(S(=O)(=O)CNCCCC(=O)N(C)CCc2ccc(C3=NCCN3)cc2)c1.O=C(O)C(F)(F)F. The monoisotopic (exact) mass is 584 g/mol. The molecule has 0 radical (unpaired) electrons. The number of hydrogen-bond acceptors (Lipinski definition) is 7. The highest BCUT2D eigenvalue weighted by molar-refractivity contribution is 7.91. The van der Waals surface area contributed by atoms with Crippen molar-refractivity contribution < 1.29 is 36.3 Å². The van der Waals surface area contributed by atoms with Gasteiger partial charge in [-0.05, 0) is 56.0 Å². The average molecular weight is 585 g/mol. The lowest BCUT2D eigenvalue weighted by Crippen LogP contribution is -2.30. The van der Waals surface area contributed by atoms with E-state index in [-0.39, 0.29) is 11.8 Å². The highest BCUT2D eigenvalue weighted by atomic mass is 32.2. The van der Waals surface area contributed by atoms with Crippen LogP contribution in [0.5, 0.6) is 0 Å². The molecular formula is C27H35F3N4O5S. The maximum absolute atomic E-state index is 12.6. The Morgan fingerprint density at radius 3 is 2.35 bits per heavy atom. The van der Waals surface area contributed by atoms with Crippen molar-refractivity contribution in [3.8, 4) is 0 Å². The molecule has 0 aliphatic carbocycles. The van der Waals surface area contributed by atoms with Crippen LogP contribution < -0.4 is 10.6 Å². The normalized spacial score (nSPS) is 13.1. The second kappa shape index (κ2) is 14.8. The van der Waals surface area contributed by atoms with E-state index in [9.17, 15) is 26.4 Å². The average Bonchev–Trinajstić information content (AvgIpc) is 3.43. The van der Waals surface area contributed by atoms with Crippen LogP contribution in [0.25, 0.3) is 0 Å². The number of nitrogens with zero attached hydrogens (tertiary/aromatic N) is 2. The molecule has 0 spiro atoms. The Morgan fingerprint density at radius 1 is 1.12 bits per heavy atom. The predicted molar refractivity (Wildman–Crippen MR) is 146 cm³/mol. The van der Waals surface area contributed by atoms with Crippen molar-refractivity contribution in [3.05, 3.63) is 64.7 Å².